The van der Waals surface area contributed by atoms with Gasteiger partial charge >= 0.3 is 0 Å². The van der Waals surface area contributed by atoms with Crippen molar-refractivity contribution >= 4 is 22.4 Å². The molecule has 0 atom stereocenters. The molecule has 0 spiro atoms. The summed E-state index contributed by atoms with van der Waals surface area (Å²) in [5, 5.41) is 5.15. The predicted octanol–water partition coefficient (Wildman–Crippen LogP) is 1.72. The van der Waals surface area contributed by atoms with Gasteiger partial charge < -0.3 is 16.0 Å². The fourth-order valence-electron chi connectivity index (χ4n) is 2.72. The number of likely N-dealkylation sites (N-methyl/N-ethyl adjacent to an activating group) is 1. The topological polar surface area (TPSA) is 71.2 Å². The first-order chi connectivity index (χ1) is 9.03. The maximum Gasteiger partial charge on any atom is 0.270 e. The molecule has 0 aromatic carbocycles. The zero-order chi connectivity index (χ0) is 13.9. The van der Waals surface area contributed by atoms with Crippen molar-refractivity contribution in [2.45, 2.75) is 37.6 Å². The summed E-state index contributed by atoms with van der Waals surface area (Å²) in [6.07, 6.45) is 6.04. The number of hydrogen-bond acceptors (Lipinski definition) is 5. The van der Waals surface area contributed by atoms with E-state index in [1.165, 1.54) is 30.6 Å². The Morgan fingerprint density at radius 2 is 2.16 bits per heavy atom. The van der Waals surface area contributed by atoms with Crippen molar-refractivity contribution in [1.82, 2.24) is 15.2 Å². The number of nitrogens with zero attached hydrogens (tertiary/aromatic N) is 2. The molecule has 1 aromatic rings. The summed E-state index contributed by atoms with van der Waals surface area (Å²) < 4.78 is 0. The Morgan fingerprint density at radius 1 is 1.47 bits per heavy atom. The van der Waals surface area contributed by atoms with Crippen LogP contribution in [0.1, 0.15) is 42.6 Å². The van der Waals surface area contributed by atoms with Gasteiger partial charge in [0.25, 0.3) is 5.91 Å². The summed E-state index contributed by atoms with van der Waals surface area (Å²) in [6.45, 7) is 0.677. The second-order valence-corrected chi connectivity index (χ2v) is 6.32. The van der Waals surface area contributed by atoms with E-state index in [1.54, 1.807) is 5.38 Å². The highest BCUT2D eigenvalue weighted by Crippen LogP contribution is 2.31. The molecule has 3 N–H and O–H groups in total. The molecule has 1 fully saturated rings. The van der Waals surface area contributed by atoms with Crippen LogP contribution in [0.3, 0.4) is 0 Å². The molecule has 1 saturated carbocycles. The summed E-state index contributed by atoms with van der Waals surface area (Å²) in [4.78, 5) is 18.3. The maximum atomic E-state index is 12.0. The number of nitrogen functional groups attached to an aromatic ring is 1. The minimum atomic E-state index is -0.125. The lowest BCUT2D eigenvalue weighted by Gasteiger charge is -2.43. The maximum absolute atomic E-state index is 12.0. The third-order valence-corrected chi connectivity index (χ3v) is 4.74. The van der Waals surface area contributed by atoms with Gasteiger partial charge in [0, 0.05) is 17.5 Å². The second kappa shape index (κ2) is 5.88. The normalized spacial score (nSPS) is 18.5. The molecule has 106 valence electrons. The van der Waals surface area contributed by atoms with Gasteiger partial charge in [-0.05, 0) is 26.9 Å². The largest absolute Gasteiger partial charge is 0.375 e. The van der Waals surface area contributed by atoms with Crippen molar-refractivity contribution in [2.75, 3.05) is 26.4 Å². The van der Waals surface area contributed by atoms with Crippen molar-refractivity contribution in [1.29, 1.82) is 0 Å². The van der Waals surface area contributed by atoms with E-state index in [2.05, 4.69) is 29.3 Å². The Kier molecular flexibility index (Phi) is 4.42. The van der Waals surface area contributed by atoms with Crippen LogP contribution in [-0.4, -0.2) is 42.0 Å². The number of nitrogens with two attached hydrogens (primary N) is 1. The monoisotopic (exact) mass is 282 g/mol. The summed E-state index contributed by atoms with van der Waals surface area (Å²) in [6, 6.07) is 0. The lowest BCUT2D eigenvalue weighted by Crippen LogP contribution is -2.53. The standard InChI is InChI=1S/C13H22N4OS/c1-17(2)13(6-4-3-5-7-13)9-15-11(18)10-8-19-12(14)16-10/h8H,3-7,9H2,1-2H3,(H2,14,16)(H,15,18). The SMILES string of the molecule is CN(C)C1(CNC(=O)c2csc(N)n2)CCCCC1. The third kappa shape index (κ3) is 3.25. The quantitative estimate of drug-likeness (QED) is 0.882. The number of carbonyl (C=O) groups is 1. The Morgan fingerprint density at radius 3 is 2.68 bits per heavy atom. The van der Waals surface area contributed by atoms with Crippen LogP contribution in [0.15, 0.2) is 5.38 Å². The van der Waals surface area contributed by atoms with Crippen LogP contribution >= 0.6 is 11.3 Å². The average Bonchev–Trinajstić information content (AvgIpc) is 2.83. The first-order valence-corrected chi connectivity index (χ1v) is 7.58. The molecule has 5 nitrogen and oxygen atoms in total. The average molecular weight is 282 g/mol. The number of nitrogens with one attached hydrogen (secondary N) is 1. The van der Waals surface area contributed by atoms with Crippen molar-refractivity contribution in [2.24, 2.45) is 0 Å². The molecule has 0 bridgehead atoms. The Bertz CT molecular complexity index is 438. The lowest BCUT2D eigenvalue weighted by atomic mass is 9.80. The first kappa shape index (κ1) is 14.3. The van der Waals surface area contributed by atoms with E-state index in [0.29, 0.717) is 17.4 Å². The third-order valence-electron chi connectivity index (χ3n) is 4.07. The van der Waals surface area contributed by atoms with Gasteiger partial charge in [-0.2, -0.15) is 0 Å². The van der Waals surface area contributed by atoms with E-state index in [4.69, 9.17) is 5.73 Å². The first-order valence-electron chi connectivity index (χ1n) is 6.70. The van der Waals surface area contributed by atoms with Crippen molar-refractivity contribution < 1.29 is 4.79 Å². The number of anilines is 1. The number of hydrogen-bond donors (Lipinski definition) is 2. The number of rotatable bonds is 4. The molecular formula is C13H22N4OS. The highest BCUT2D eigenvalue weighted by molar-refractivity contribution is 7.13. The summed E-state index contributed by atoms with van der Waals surface area (Å²) >= 11 is 1.29. The molecule has 2 rings (SSSR count). The molecule has 6 heteroatoms. The lowest BCUT2D eigenvalue weighted by molar-refractivity contribution is 0.0796. The van der Waals surface area contributed by atoms with Crippen molar-refractivity contribution in [3.63, 3.8) is 0 Å². The van der Waals surface area contributed by atoms with Crippen molar-refractivity contribution in [3.05, 3.63) is 11.1 Å². The van der Waals surface area contributed by atoms with Crippen LogP contribution in [0.5, 0.6) is 0 Å². The zero-order valence-electron chi connectivity index (χ0n) is 11.6. The van der Waals surface area contributed by atoms with Gasteiger partial charge in [0.1, 0.15) is 5.69 Å². The Balaban J connectivity index is 1.97. The second-order valence-electron chi connectivity index (χ2n) is 5.43. The number of carbonyl (C=O) groups excluding carboxylic acids is 1. The van der Waals surface area contributed by atoms with Crippen LogP contribution in [0.25, 0.3) is 0 Å². The van der Waals surface area contributed by atoms with Gasteiger partial charge in [0.05, 0.1) is 0 Å². The Hall–Kier alpha value is -1.14. The molecule has 1 aliphatic rings. The highest BCUT2D eigenvalue weighted by Gasteiger charge is 2.34. The van der Waals surface area contributed by atoms with Crippen LogP contribution in [-0.2, 0) is 0 Å². The molecule has 1 aromatic heterocycles. The van der Waals surface area contributed by atoms with E-state index in [-0.39, 0.29) is 11.4 Å². The minimum Gasteiger partial charge on any atom is -0.375 e. The van der Waals surface area contributed by atoms with Gasteiger partial charge in [-0.15, -0.1) is 11.3 Å². The van der Waals surface area contributed by atoms with E-state index in [1.807, 2.05) is 0 Å². The van der Waals surface area contributed by atoms with Gasteiger partial charge in [0.2, 0.25) is 0 Å². The van der Waals surface area contributed by atoms with E-state index < -0.39 is 0 Å². The van der Waals surface area contributed by atoms with Gasteiger partial charge in [-0.1, -0.05) is 19.3 Å². The molecule has 0 saturated heterocycles. The van der Waals surface area contributed by atoms with Crippen LogP contribution < -0.4 is 11.1 Å². The molecule has 1 heterocycles. The Labute approximate surface area is 118 Å². The van der Waals surface area contributed by atoms with Gasteiger partial charge in [-0.25, -0.2) is 4.98 Å². The zero-order valence-corrected chi connectivity index (χ0v) is 12.4. The van der Waals surface area contributed by atoms with Crippen LogP contribution in [0, 0.1) is 0 Å². The molecule has 0 unspecified atom stereocenters. The van der Waals surface area contributed by atoms with Crippen LogP contribution in [0.2, 0.25) is 0 Å². The fraction of sp³-hybridized carbons (Fsp3) is 0.692. The summed E-state index contributed by atoms with van der Waals surface area (Å²) in [7, 11) is 4.19. The van der Waals surface area contributed by atoms with Crippen molar-refractivity contribution in [3.8, 4) is 0 Å². The smallest absolute Gasteiger partial charge is 0.270 e. The molecule has 1 aliphatic carbocycles. The van der Waals surface area contributed by atoms with Crippen LogP contribution in [0.4, 0.5) is 5.13 Å². The van der Waals surface area contributed by atoms with Gasteiger partial charge in [0.15, 0.2) is 5.13 Å². The predicted molar refractivity (Wildman–Crippen MR) is 78.4 cm³/mol. The molecule has 0 aliphatic heterocycles. The number of thiazole rings is 1. The molecular weight excluding hydrogens is 260 g/mol. The van der Waals surface area contributed by atoms with Gasteiger partial charge in [-0.3, -0.25) is 4.79 Å². The molecule has 1 amide bonds. The molecule has 19 heavy (non-hydrogen) atoms. The highest BCUT2D eigenvalue weighted by atomic mass is 32.1. The molecule has 0 radical (unpaired) electrons. The summed E-state index contributed by atoms with van der Waals surface area (Å²) in [5.74, 6) is -0.125. The van der Waals surface area contributed by atoms with E-state index in [0.717, 1.165) is 12.8 Å². The van der Waals surface area contributed by atoms with E-state index >= 15 is 0 Å². The summed E-state index contributed by atoms with van der Waals surface area (Å²) in [5.41, 5.74) is 6.06. The van der Waals surface area contributed by atoms with E-state index in [9.17, 15) is 4.79 Å². The minimum absolute atomic E-state index is 0.0927. The number of aromatic nitrogens is 1. The number of amides is 1. The fourth-order valence-corrected chi connectivity index (χ4v) is 3.26.